The van der Waals surface area contributed by atoms with Gasteiger partial charge in [-0.25, -0.2) is 17.9 Å². The van der Waals surface area contributed by atoms with E-state index in [1.165, 1.54) is 6.07 Å². The highest BCUT2D eigenvalue weighted by Gasteiger charge is 2.29. The predicted molar refractivity (Wildman–Crippen MR) is 73.6 cm³/mol. The molecular weight excluding hydrogens is 298 g/mol. The summed E-state index contributed by atoms with van der Waals surface area (Å²) in [6.07, 6.45) is 0.375. The van der Waals surface area contributed by atoms with E-state index in [0.717, 1.165) is 19.2 Å². The van der Waals surface area contributed by atoms with Crippen molar-refractivity contribution in [3.63, 3.8) is 0 Å². The van der Waals surface area contributed by atoms with Crippen LogP contribution in [-0.4, -0.2) is 45.4 Å². The summed E-state index contributed by atoms with van der Waals surface area (Å²) >= 11 is 0. The second-order valence-electron chi connectivity index (χ2n) is 4.76. The first-order chi connectivity index (χ1) is 9.85. The van der Waals surface area contributed by atoms with Gasteiger partial charge < -0.3 is 14.6 Å². The molecule has 0 radical (unpaired) electrons. The summed E-state index contributed by atoms with van der Waals surface area (Å²) in [5.74, 6) is -1.14. The second kappa shape index (κ2) is 6.00. The fraction of sp³-hybridized carbons (Fsp3) is 0.462. The van der Waals surface area contributed by atoms with Gasteiger partial charge in [-0.05, 0) is 31.5 Å². The Labute approximate surface area is 122 Å². The highest BCUT2D eigenvalue weighted by Crippen LogP contribution is 2.23. The average Bonchev–Trinajstić information content (AvgIpc) is 2.83. The van der Waals surface area contributed by atoms with Crippen molar-refractivity contribution >= 4 is 16.0 Å². The maximum Gasteiger partial charge on any atom is 0.341 e. The minimum atomic E-state index is -3.81. The minimum absolute atomic E-state index is 0.111. The van der Waals surface area contributed by atoms with Crippen molar-refractivity contribution in [3.05, 3.63) is 23.8 Å². The summed E-state index contributed by atoms with van der Waals surface area (Å²) in [6, 6.07) is 3.15. The van der Waals surface area contributed by atoms with Crippen molar-refractivity contribution in [1.82, 2.24) is 4.72 Å². The molecule has 0 amide bonds. The molecule has 21 heavy (non-hydrogen) atoms. The van der Waals surface area contributed by atoms with Gasteiger partial charge in [0.15, 0.2) is 0 Å². The number of hydrogen-bond donors (Lipinski definition) is 2. The van der Waals surface area contributed by atoms with Gasteiger partial charge in [-0.2, -0.15) is 0 Å². The molecule has 1 fully saturated rings. The number of aromatic hydroxyl groups is 1. The quantitative estimate of drug-likeness (QED) is 0.790. The van der Waals surface area contributed by atoms with E-state index in [4.69, 9.17) is 4.74 Å². The fourth-order valence-electron chi connectivity index (χ4n) is 2.11. The van der Waals surface area contributed by atoms with E-state index in [1.54, 1.807) is 6.92 Å². The van der Waals surface area contributed by atoms with Crippen molar-refractivity contribution in [1.29, 1.82) is 0 Å². The van der Waals surface area contributed by atoms with Crippen molar-refractivity contribution in [3.8, 4) is 5.75 Å². The number of nitrogens with one attached hydrogen (secondary N) is 1. The van der Waals surface area contributed by atoms with Crippen LogP contribution in [0.2, 0.25) is 0 Å². The summed E-state index contributed by atoms with van der Waals surface area (Å²) < 4.78 is 37.0. The molecule has 2 unspecified atom stereocenters. The fourth-order valence-corrected chi connectivity index (χ4v) is 3.47. The van der Waals surface area contributed by atoms with Crippen LogP contribution < -0.4 is 4.72 Å². The van der Waals surface area contributed by atoms with E-state index >= 15 is 0 Å². The Balaban J connectivity index is 2.30. The molecule has 1 aliphatic rings. The molecule has 0 spiro atoms. The lowest BCUT2D eigenvalue weighted by Gasteiger charge is -2.16. The smallest absolute Gasteiger partial charge is 0.341 e. The molecule has 0 aromatic heterocycles. The van der Waals surface area contributed by atoms with E-state index < -0.39 is 16.0 Å². The van der Waals surface area contributed by atoms with E-state index in [-0.39, 0.29) is 28.4 Å². The number of hydrogen-bond acceptors (Lipinski definition) is 6. The van der Waals surface area contributed by atoms with Gasteiger partial charge in [0.25, 0.3) is 0 Å². The van der Waals surface area contributed by atoms with Gasteiger partial charge in [0.05, 0.1) is 24.2 Å². The molecule has 1 saturated heterocycles. The zero-order valence-electron chi connectivity index (χ0n) is 11.7. The molecule has 2 N–H and O–H groups in total. The van der Waals surface area contributed by atoms with E-state index in [0.29, 0.717) is 13.0 Å². The molecule has 116 valence electrons. The second-order valence-corrected chi connectivity index (χ2v) is 6.48. The van der Waals surface area contributed by atoms with E-state index in [1.807, 2.05) is 0 Å². The summed E-state index contributed by atoms with van der Waals surface area (Å²) in [4.78, 5) is 11.4. The standard InChI is InChI=1S/C13H17NO6S/c1-8-11(5-6-20-8)14-21(17,18)9-3-4-12(15)10(7-9)13(16)19-2/h3-4,7-8,11,14-15H,5-6H2,1-2H3. The van der Waals surface area contributed by atoms with Crippen LogP contribution in [0.5, 0.6) is 5.75 Å². The Morgan fingerprint density at radius 2 is 2.19 bits per heavy atom. The number of ether oxygens (including phenoxy) is 2. The number of phenolic OH excluding ortho intramolecular Hbond substituents is 1. The zero-order chi connectivity index (χ0) is 15.6. The molecule has 8 heteroatoms. The molecular formula is C13H17NO6S. The molecule has 0 bridgehead atoms. The number of sulfonamides is 1. The molecule has 1 aromatic carbocycles. The normalized spacial score (nSPS) is 22.2. The third-order valence-corrected chi connectivity index (χ3v) is 4.85. The van der Waals surface area contributed by atoms with Gasteiger partial charge in [-0.1, -0.05) is 0 Å². The maximum atomic E-state index is 12.3. The molecule has 0 saturated carbocycles. The lowest BCUT2D eigenvalue weighted by molar-refractivity contribution is 0.0597. The topological polar surface area (TPSA) is 102 Å². The summed E-state index contributed by atoms with van der Waals surface area (Å²) in [7, 11) is -2.65. The largest absolute Gasteiger partial charge is 0.507 e. The van der Waals surface area contributed by atoms with E-state index in [2.05, 4.69) is 9.46 Å². The summed E-state index contributed by atoms with van der Waals surface area (Å²) in [6.45, 7) is 2.29. The van der Waals surface area contributed by atoms with Crippen LogP contribution in [-0.2, 0) is 19.5 Å². The molecule has 1 aromatic rings. The zero-order valence-corrected chi connectivity index (χ0v) is 12.5. The van der Waals surface area contributed by atoms with Crippen molar-refractivity contribution < 1.29 is 27.8 Å². The summed E-state index contributed by atoms with van der Waals surface area (Å²) in [5.41, 5.74) is -0.198. The molecule has 1 heterocycles. The van der Waals surface area contributed by atoms with Crippen molar-refractivity contribution in [2.45, 2.75) is 30.4 Å². The first-order valence-electron chi connectivity index (χ1n) is 6.40. The molecule has 2 atom stereocenters. The van der Waals surface area contributed by atoms with Crippen LogP contribution >= 0.6 is 0 Å². The van der Waals surface area contributed by atoms with Gasteiger partial charge in [-0.15, -0.1) is 0 Å². The van der Waals surface area contributed by atoms with Gasteiger partial charge in [0, 0.05) is 6.61 Å². The third kappa shape index (κ3) is 3.34. The SMILES string of the molecule is COC(=O)c1cc(S(=O)(=O)NC2CCOC2C)ccc1O. The molecule has 1 aliphatic heterocycles. The number of methoxy groups -OCH3 is 1. The van der Waals surface area contributed by atoms with Crippen LogP contribution in [0.4, 0.5) is 0 Å². The van der Waals surface area contributed by atoms with Crippen LogP contribution in [0.15, 0.2) is 23.1 Å². The van der Waals surface area contributed by atoms with Crippen LogP contribution in [0.3, 0.4) is 0 Å². The first kappa shape index (κ1) is 15.7. The van der Waals surface area contributed by atoms with Crippen LogP contribution in [0, 0.1) is 0 Å². The lowest BCUT2D eigenvalue weighted by Crippen LogP contribution is -2.39. The number of phenols is 1. The number of carbonyl (C=O) groups is 1. The molecule has 7 nitrogen and oxygen atoms in total. The Hall–Kier alpha value is -1.64. The third-order valence-electron chi connectivity index (χ3n) is 3.37. The number of carbonyl (C=O) groups excluding carboxylic acids is 1. The predicted octanol–water partition coefficient (Wildman–Crippen LogP) is 0.634. The highest BCUT2D eigenvalue weighted by atomic mass is 32.2. The Morgan fingerprint density at radius 1 is 1.48 bits per heavy atom. The average molecular weight is 315 g/mol. The maximum absolute atomic E-state index is 12.3. The number of rotatable bonds is 4. The number of esters is 1. The number of benzene rings is 1. The highest BCUT2D eigenvalue weighted by molar-refractivity contribution is 7.89. The van der Waals surface area contributed by atoms with Crippen LogP contribution in [0.25, 0.3) is 0 Å². The van der Waals surface area contributed by atoms with Crippen LogP contribution in [0.1, 0.15) is 23.7 Å². The minimum Gasteiger partial charge on any atom is -0.507 e. The Bertz CT molecular complexity index is 642. The first-order valence-corrected chi connectivity index (χ1v) is 7.88. The van der Waals surface area contributed by atoms with Crippen molar-refractivity contribution in [2.75, 3.05) is 13.7 Å². The monoisotopic (exact) mass is 315 g/mol. The lowest BCUT2D eigenvalue weighted by atomic mass is 10.2. The molecule has 0 aliphatic carbocycles. The Kier molecular flexibility index (Phi) is 4.50. The summed E-state index contributed by atoms with van der Waals surface area (Å²) in [5, 5.41) is 9.59. The van der Waals surface area contributed by atoms with E-state index in [9.17, 15) is 18.3 Å². The Morgan fingerprint density at radius 3 is 2.76 bits per heavy atom. The van der Waals surface area contributed by atoms with Gasteiger partial charge in [0.1, 0.15) is 11.3 Å². The van der Waals surface area contributed by atoms with Crippen molar-refractivity contribution in [2.24, 2.45) is 0 Å². The van der Waals surface area contributed by atoms with Gasteiger partial charge in [0.2, 0.25) is 10.0 Å². The molecule has 2 rings (SSSR count). The van der Waals surface area contributed by atoms with Gasteiger partial charge >= 0.3 is 5.97 Å². The van der Waals surface area contributed by atoms with Gasteiger partial charge in [-0.3, -0.25) is 0 Å².